The first-order valence-corrected chi connectivity index (χ1v) is 10.2. The fourth-order valence-corrected chi connectivity index (χ4v) is 3.85. The number of carbonyl (C=O) groups excluding carboxylic acids is 1. The van der Waals surface area contributed by atoms with Crippen LogP contribution in [0.1, 0.15) is 36.5 Å². The van der Waals surface area contributed by atoms with Crippen molar-refractivity contribution < 1.29 is 14.3 Å². The molecule has 1 fully saturated rings. The molecular weight excluding hydrogens is 364 g/mol. The Balaban J connectivity index is 1.52. The zero-order valence-corrected chi connectivity index (χ0v) is 18.0. The van der Waals surface area contributed by atoms with Gasteiger partial charge >= 0.3 is 0 Å². The molecule has 1 saturated heterocycles. The zero-order valence-electron chi connectivity index (χ0n) is 18.0. The summed E-state index contributed by atoms with van der Waals surface area (Å²) in [4.78, 5) is 13.6. The van der Waals surface area contributed by atoms with Crippen LogP contribution in [0.2, 0.25) is 0 Å². The van der Waals surface area contributed by atoms with Gasteiger partial charge in [-0.1, -0.05) is 29.8 Å². The quantitative estimate of drug-likeness (QED) is 0.757. The van der Waals surface area contributed by atoms with Crippen molar-refractivity contribution in [3.63, 3.8) is 0 Å². The van der Waals surface area contributed by atoms with E-state index in [1.54, 1.807) is 7.11 Å². The highest BCUT2D eigenvalue weighted by atomic mass is 16.5. The van der Waals surface area contributed by atoms with E-state index in [0.29, 0.717) is 6.61 Å². The summed E-state index contributed by atoms with van der Waals surface area (Å²) in [5.74, 6) is 0.890. The van der Waals surface area contributed by atoms with Gasteiger partial charge in [0.05, 0.1) is 0 Å². The van der Waals surface area contributed by atoms with Gasteiger partial charge in [-0.2, -0.15) is 0 Å². The summed E-state index contributed by atoms with van der Waals surface area (Å²) in [5, 5.41) is 2.81. The Morgan fingerprint density at radius 2 is 1.79 bits per heavy atom. The molecule has 0 spiro atoms. The Morgan fingerprint density at radius 1 is 1.10 bits per heavy atom. The minimum Gasteiger partial charge on any atom is -0.490 e. The second-order valence-corrected chi connectivity index (χ2v) is 8.10. The van der Waals surface area contributed by atoms with Crippen LogP contribution in [0, 0.1) is 13.8 Å². The summed E-state index contributed by atoms with van der Waals surface area (Å²) in [7, 11) is 1.79. The van der Waals surface area contributed by atoms with E-state index in [0.717, 1.165) is 49.5 Å². The lowest BCUT2D eigenvalue weighted by atomic mass is 9.91. The minimum absolute atomic E-state index is 0.0484. The van der Waals surface area contributed by atoms with E-state index in [-0.39, 0.29) is 11.5 Å². The number of aryl methyl sites for hydroxylation is 2. The lowest BCUT2D eigenvalue weighted by Crippen LogP contribution is -2.48. The van der Waals surface area contributed by atoms with Gasteiger partial charge in [0, 0.05) is 39.4 Å². The van der Waals surface area contributed by atoms with Crippen molar-refractivity contribution in [1.82, 2.24) is 4.90 Å². The van der Waals surface area contributed by atoms with Gasteiger partial charge in [0.25, 0.3) is 0 Å². The highest BCUT2D eigenvalue weighted by molar-refractivity contribution is 5.88. The van der Waals surface area contributed by atoms with E-state index in [1.807, 2.05) is 18.2 Å². The number of hydrogen-bond acceptors (Lipinski definition) is 4. The highest BCUT2D eigenvalue weighted by Gasteiger charge is 2.35. The number of methoxy groups -OCH3 is 1. The molecule has 1 aliphatic heterocycles. The summed E-state index contributed by atoms with van der Waals surface area (Å²) in [5.41, 5.74) is 4.26. The summed E-state index contributed by atoms with van der Waals surface area (Å²) in [6, 6.07) is 14.3. The maximum Gasteiger partial charge on any atom is 0.221 e. The van der Waals surface area contributed by atoms with E-state index in [2.05, 4.69) is 48.3 Å². The van der Waals surface area contributed by atoms with Gasteiger partial charge in [-0.15, -0.1) is 0 Å². The molecule has 0 saturated carbocycles. The van der Waals surface area contributed by atoms with Gasteiger partial charge in [-0.25, -0.2) is 0 Å². The molecule has 0 bridgehead atoms. The number of anilines is 1. The van der Waals surface area contributed by atoms with Crippen molar-refractivity contribution in [3.8, 4) is 5.75 Å². The van der Waals surface area contributed by atoms with Crippen LogP contribution in [0.25, 0.3) is 0 Å². The van der Waals surface area contributed by atoms with Crippen LogP contribution >= 0.6 is 0 Å². The largest absolute Gasteiger partial charge is 0.490 e. The number of nitrogens with zero attached hydrogens (tertiary/aromatic N) is 1. The highest BCUT2D eigenvalue weighted by Crippen LogP contribution is 2.29. The average molecular weight is 397 g/mol. The topological polar surface area (TPSA) is 50.8 Å². The molecule has 156 valence electrons. The average Bonchev–Trinajstić information content (AvgIpc) is 2.70. The van der Waals surface area contributed by atoms with E-state index < -0.39 is 0 Å². The number of ether oxygens (including phenoxy) is 2. The summed E-state index contributed by atoms with van der Waals surface area (Å²) < 4.78 is 12.1. The lowest BCUT2D eigenvalue weighted by molar-refractivity contribution is -0.114. The van der Waals surface area contributed by atoms with Crippen LogP contribution < -0.4 is 10.1 Å². The third-order valence-electron chi connectivity index (χ3n) is 5.70. The predicted octanol–water partition coefficient (Wildman–Crippen LogP) is 4.32. The number of carbonyl (C=O) groups is 1. The summed E-state index contributed by atoms with van der Waals surface area (Å²) >= 11 is 0. The maximum absolute atomic E-state index is 11.1. The van der Waals surface area contributed by atoms with Crippen LogP contribution in [0.15, 0.2) is 42.5 Å². The standard InChI is InChI=1S/C24H32N2O3/c1-18-5-10-23(19(2)15-18)29-17-24(28-4)11-13-26(14-12-24)16-21-6-8-22(9-7-21)25-20(3)27/h5-10,15H,11-14,16-17H2,1-4H3,(H,25,27). The molecule has 1 N–H and O–H groups in total. The van der Waals surface area contributed by atoms with Gasteiger partial charge in [0.15, 0.2) is 0 Å². The molecule has 0 unspecified atom stereocenters. The van der Waals surface area contributed by atoms with Gasteiger partial charge in [0.2, 0.25) is 5.91 Å². The number of amides is 1. The lowest BCUT2D eigenvalue weighted by Gasteiger charge is -2.40. The maximum atomic E-state index is 11.1. The molecule has 2 aromatic rings. The Bertz CT molecular complexity index is 825. The van der Waals surface area contributed by atoms with Crippen molar-refractivity contribution in [2.24, 2.45) is 0 Å². The number of hydrogen-bond donors (Lipinski definition) is 1. The van der Waals surface area contributed by atoms with E-state index in [1.165, 1.54) is 18.1 Å². The molecule has 0 aliphatic carbocycles. The zero-order chi connectivity index (χ0) is 20.9. The van der Waals surface area contributed by atoms with E-state index in [4.69, 9.17) is 9.47 Å². The van der Waals surface area contributed by atoms with Crippen LogP contribution in [0.3, 0.4) is 0 Å². The fraction of sp³-hybridized carbons (Fsp3) is 0.458. The fourth-order valence-electron chi connectivity index (χ4n) is 3.85. The third-order valence-corrected chi connectivity index (χ3v) is 5.70. The van der Waals surface area contributed by atoms with Gasteiger partial charge in [0.1, 0.15) is 18.0 Å². The van der Waals surface area contributed by atoms with Crippen molar-refractivity contribution in [1.29, 1.82) is 0 Å². The second kappa shape index (κ2) is 9.42. The Labute approximate surface area is 174 Å². The monoisotopic (exact) mass is 396 g/mol. The molecule has 0 aromatic heterocycles. The summed E-state index contributed by atoms with van der Waals surface area (Å²) in [6.45, 7) is 9.12. The van der Waals surface area contributed by atoms with Crippen LogP contribution in [-0.2, 0) is 16.1 Å². The number of rotatable bonds is 7. The first-order valence-electron chi connectivity index (χ1n) is 10.2. The molecular formula is C24H32N2O3. The van der Waals surface area contributed by atoms with Crippen LogP contribution in [0.4, 0.5) is 5.69 Å². The first kappa shape index (κ1) is 21.3. The van der Waals surface area contributed by atoms with Gasteiger partial charge in [-0.3, -0.25) is 9.69 Å². The molecule has 29 heavy (non-hydrogen) atoms. The normalized spacial score (nSPS) is 16.4. The van der Waals surface area contributed by atoms with Crippen molar-refractivity contribution in [2.75, 3.05) is 32.1 Å². The first-order chi connectivity index (χ1) is 13.9. The predicted molar refractivity (Wildman–Crippen MR) is 116 cm³/mol. The molecule has 1 amide bonds. The van der Waals surface area contributed by atoms with Crippen molar-refractivity contribution >= 4 is 11.6 Å². The van der Waals surface area contributed by atoms with Crippen LogP contribution in [-0.4, -0.2) is 43.2 Å². The number of piperidine rings is 1. The molecule has 0 radical (unpaired) electrons. The third kappa shape index (κ3) is 5.81. The molecule has 5 heteroatoms. The molecule has 0 atom stereocenters. The molecule has 1 aliphatic rings. The smallest absolute Gasteiger partial charge is 0.221 e. The van der Waals surface area contributed by atoms with E-state index >= 15 is 0 Å². The second-order valence-electron chi connectivity index (χ2n) is 8.10. The Hall–Kier alpha value is -2.37. The number of nitrogens with one attached hydrogen (secondary N) is 1. The van der Waals surface area contributed by atoms with Crippen LogP contribution in [0.5, 0.6) is 5.75 Å². The number of likely N-dealkylation sites (tertiary alicyclic amines) is 1. The van der Waals surface area contributed by atoms with Crippen molar-refractivity contribution in [3.05, 3.63) is 59.2 Å². The molecule has 3 rings (SSSR count). The number of benzene rings is 2. The van der Waals surface area contributed by atoms with Gasteiger partial charge in [-0.05, 0) is 56.0 Å². The molecule has 2 aromatic carbocycles. The Morgan fingerprint density at radius 3 is 2.38 bits per heavy atom. The van der Waals surface area contributed by atoms with E-state index in [9.17, 15) is 4.79 Å². The Kier molecular flexibility index (Phi) is 6.93. The molecule has 1 heterocycles. The SMILES string of the molecule is COC1(COc2ccc(C)cc2C)CCN(Cc2ccc(NC(C)=O)cc2)CC1. The summed E-state index contributed by atoms with van der Waals surface area (Å²) in [6.07, 6.45) is 1.89. The van der Waals surface area contributed by atoms with Crippen molar-refractivity contribution in [2.45, 2.75) is 45.8 Å². The minimum atomic E-state index is -0.233. The molecule has 5 nitrogen and oxygen atoms in total. The van der Waals surface area contributed by atoms with Gasteiger partial charge < -0.3 is 14.8 Å².